The smallest absolute Gasteiger partial charge is 0.226 e. The van der Waals surface area contributed by atoms with Crippen LogP contribution in [-0.2, 0) is 17.8 Å². The number of nitrogens with zero attached hydrogens (tertiary/aromatic N) is 2. The van der Waals surface area contributed by atoms with Crippen molar-refractivity contribution in [3.05, 3.63) is 40.9 Å². The van der Waals surface area contributed by atoms with Crippen LogP contribution in [0.4, 0.5) is 5.13 Å². The monoisotopic (exact) mass is 373 g/mol. The van der Waals surface area contributed by atoms with Crippen LogP contribution < -0.4 is 5.32 Å². The van der Waals surface area contributed by atoms with Crippen molar-refractivity contribution in [1.29, 1.82) is 0 Å². The number of anilines is 1. The van der Waals surface area contributed by atoms with Gasteiger partial charge < -0.3 is 10.4 Å². The van der Waals surface area contributed by atoms with Crippen molar-refractivity contribution in [1.82, 2.24) is 9.88 Å². The van der Waals surface area contributed by atoms with E-state index in [0.29, 0.717) is 11.6 Å². The summed E-state index contributed by atoms with van der Waals surface area (Å²) in [5.41, 5.74) is 2.17. The molecule has 0 saturated carbocycles. The van der Waals surface area contributed by atoms with E-state index in [9.17, 15) is 9.90 Å². The lowest BCUT2D eigenvalue weighted by atomic mass is 9.99. The third-order valence-electron chi connectivity index (χ3n) is 4.87. The van der Waals surface area contributed by atoms with Crippen LogP contribution in [0.25, 0.3) is 0 Å². The lowest BCUT2D eigenvalue weighted by Crippen LogP contribution is -2.32. The topological polar surface area (TPSA) is 65.5 Å². The zero-order chi connectivity index (χ0) is 18.4. The van der Waals surface area contributed by atoms with Crippen molar-refractivity contribution in [2.75, 3.05) is 18.4 Å². The van der Waals surface area contributed by atoms with Crippen molar-refractivity contribution < 1.29 is 9.90 Å². The van der Waals surface area contributed by atoms with Gasteiger partial charge in [0.2, 0.25) is 5.91 Å². The number of phenolic OH excluding ortho intramolecular Hbond substituents is 1. The molecule has 2 aromatic rings. The Morgan fingerprint density at radius 2 is 2.04 bits per heavy atom. The maximum Gasteiger partial charge on any atom is 0.226 e. The van der Waals surface area contributed by atoms with E-state index in [2.05, 4.69) is 22.1 Å². The summed E-state index contributed by atoms with van der Waals surface area (Å²) < 4.78 is 0. The highest BCUT2D eigenvalue weighted by atomic mass is 32.1. The summed E-state index contributed by atoms with van der Waals surface area (Å²) in [5.74, 6) is 1.11. The molecule has 2 N–H and O–H groups in total. The molecule has 0 spiro atoms. The minimum atomic E-state index is 0.0106. The number of hydrogen-bond acceptors (Lipinski definition) is 5. The summed E-state index contributed by atoms with van der Waals surface area (Å²) in [6, 6.07) is 7.13. The van der Waals surface area contributed by atoms with Crippen molar-refractivity contribution in [2.24, 2.45) is 5.92 Å². The number of aromatic hydroxyl groups is 1. The molecule has 6 heteroatoms. The van der Waals surface area contributed by atoms with Gasteiger partial charge in [-0.25, -0.2) is 4.98 Å². The fraction of sp³-hybridized carbons (Fsp3) is 0.500. The molecule has 3 rings (SSSR count). The van der Waals surface area contributed by atoms with Gasteiger partial charge >= 0.3 is 0 Å². The Balaban J connectivity index is 1.39. The SMILES string of the molecule is CC1CCN(Cc2csc(NC(=O)CCCc3ccc(O)cc3)n2)CC1. The zero-order valence-electron chi connectivity index (χ0n) is 15.3. The van der Waals surface area contributed by atoms with E-state index >= 15 is 0 Å². The summed E-state index contributed by atoms with van der Waals surface area (Å²) in [6.07, 6.45) is 4.59. The molecule has 2 heterocycles. The summed E-state index contributed by atoms with van der Waals surface area (Å²) in [5, 5.41) is 14.9. The summed E-state index contributed by atoms with van der Waals surface area (Å²) in [7, 11) is 0. The van der Waals surface area contributed by atoms with E-state index in [-0.39, 0.29) is 11.7 Å². The van der Waals surface area contributed by atoms with Crippen LogP contribution in [0.2, 0.25) is 0 Å². The van der Waals surface area contributed by atoms with E-state index < -0.39 is 0 Å². The van der Waals surface area contributed by atoms with E-state index in [1.165, 1.54) is 24.2 Å². The standard InChI is InChI=1S/C20H27N3O2S/c1-15-9-11-23(12-10-15)13-17-14-26-20(21-17)22-19(25)4-2-3-16-5-7-18(24)8-6-16/h5-8,14-15,24H,2-4,9-13H2,1H3,(H,21,22,25). The lowest BCUT2D eigenvalue weighted by molar-refractivity contribution is -0.116. The molecule has 1 fully saturated rings. The Morgan fingerprint density at radius 3 is 2.77 bits per heavy atom. The molecule has 0 unspecified atom stereocenters. The highest BCUT2D eigenvalue weighted by molar-refractivity contribution is 7.13. The lowest BCUT2D eigenvalue weighted by Gasteiger charge is -2.29. The Labute approximate surface area is 159 Å². The van der Waals surface area contributed by atoms with Gasteiger partial charge in [-0.2, -0.15) is 0 Å². The Bertz CT molecular complexity index is 706. The molecule has 0 aliphatic carbocycles. The molecule has 1 aromatic carbocycles. The summed E-state index contributed by atoms with van der Waals surface area (Å²) in [6.45, 7) is 5.46. The van der Waals surface area contributed by atoms with Gasteiger partial charge in [0.15, 0.2) is 5.13 Å². The maximum absolute atomic E-state index is 12.1. The van der Waals surface area contributed by atoms with Gasteiger partial charge in [0.05, 0.1) is 5.69 Å². The van der Waals surface area contributed by atoms with Crippen LogP contribution in [0.1, 0.15) is 43.9 Å². The molecule has 0 atom stereocenters. The van der Waals surface area contributed by atoms with Crippen LogP contribution >= 0.6 is 11.3 Å². The van der Waals surface area contributed by atoms with Gasteiger partial charge in [0.25, 0.3) is 0 Å². The summed E-state index contributed by atoms with van der Waals surface area (Å²) in [4.78, 5) is 19.1. The largest absolute Gasteiger partial charge is 0.508 e. The van der Waals surface area contributed by atoms with Gasteiger partial charge in [-0.15, -0.1) is 11.3 Å². The first-order valence-corrected chi connectivity index (χ1v) is 10.2. The number of nitrogens with one attached hydrogen (secondary N) is 1. The van der Waals surface area contributed by atoms with Crippen molar-refractivity contribution in [2.45, 2.75) is 45.6 Å². The number of amides is 1. The second-order valence-electron chi connectivity index (χ2n) is 7.17. The number of carbonyl (C=O) groups is 1. The van der Waals surface area contributed by atoms with Gasteiger partial charge in [0.1, 0.15) is 5.75 Å². The quantitative estimate of drug-likeness (QED) is 0.769. The molecule has 1 aliphatic heterocycles. The number of hydrogen-bond donors (Lipinski definition) is 2. The minimum Gasteiger partial charge on any atom is -0.508 e. The van der Waals surface area contributed by atoms with Crippen molar-refractivity contribution in [3.8, 4) is 5.75 Å². The van der Waals surface area contributed by atoms with Crippen LogP contribution in [-0.4, -0.2) is 34.0 Å². The number of benzene rings is 1. The van der Waals surface area contributed by atoms with Gasteiger partial charge in [-0.3, -0.25) is 9.69 Å². The van der Waals surface area contributed by atoms with Crippen molar-refractivity contribution in [3.63, 3.8) is 0 Å². The Morgan fingerprint density at radius 1 is 1.31 bits per heavy atom. The first kappa shape index (κ1) is 18.9. The van der Waals surface area contributed by atoms with Gasteiger partial charge in [-0.1, -0.05) is 19.1 Å². The van der Waals surface area contributed by atoms with Crippen LogP contribution in [0.3, 0.4) is 0 Å². The molecule has 1 amide bonds. The fourth-order valence-electron chi connectivity index (χ4n) is 3.18. The Hall–Kier alpha value is -1.92. The number of aryl methyl sites for hydroxylation is 1. The molecule has 0 radical (unpaired) electrons. The third-order valence-corrected chi connectivity index (χ3v) is 5.67. The van der Waals surface area contributed by atoms with Crippen LogP contribution in [0, 0.1) is 5.92 Å². The maximum atomic E-state index is 12.1. The summed E-state index contributed by atoms with van der Waals surface area (Å²) >= 11 is 1.50. The molecule has 1 saturated heterocycles. The van der Waals surface area contributed by atoms with E-state index in [0.717, 1.165) is 49.7 Å². The zero-order valence-corrected chi connectivity index (χ0v) is 16.1. The van der Waals surface area contributed by atoms with E-state index in [4.69, 9.17) is 0 Å². The number of thiazole rings is 1. The number of phenols is 1. The number of piperidine rings is 1. The average Bonchev–Trinajstić information content (AvgIpc) is 3.05. The average molecular weight is 374 g/mol. The number of rotatable bonds is 7. The predicted molar refractivity (Wildman–Crippen MR) is 105 cm³/mol. The van der Waals surface area contributed by atoms with Crippen LogP contribution in [0.5, 0.6) is 5.75 Å². The van der Waals surface area contributed by atoms with E-state index in [1.54, 1.807) is 12.1 Å². The molecule has 5 nitrogen and oxygen atoms in total. The second kappa shape index (κ2) is 9.14. The molecule has 26 heavy (non-hydrogen) atoms. The molecule has 140 valence electrons. The predicted octanol–water partition coefficient (Wildman–Crippen LogP) is 4.04. The first-order valence-electron chi connectivity index (χ1n) is 9.33. The van der Waals surface area contributed by atoms with Crippen molar-refractivity contribution >= 4 is 22.4 Å². The molecule has 1 aliphatic rings. The van der Waals surface area contributed by atoms with E-state index in [1.807, 2.05) is 17.5 Å². The second-order valence-corrected chi connectivity index (χ2v) is 8.03. The van der Waals surface area contributed by atoms with Gasteiger partial charge in [0, 0.05) is 18.3 Å². The Kier molecular flexibility index (Phi) is 6.63. The minimum absolute atomic E-state index is 0.0106. The highest BCUT2D eigenvalue weighted by Crippen LogP contribution is 2.21. The van der Waals surface area contributed by atoms with Crippen LogP contribution in [0.15, 0.2) is 29.6 Å². The molecular formula is C20H27N3O2S. The third kappa shape index (κ3) is 5.81. The normalized spacial score (nSPS) is 15.9. The molecule has 1 aromatic heterocycles. The fourth-order valence-corrected chi connectivity index (χ4v) is 3.90. The van der Waals surface area contributed by atoms with Gasteiger partial charge in [-0.05, 0) is 62.4 Å². The number of carbonyl (C=O) groups excluding carboxylic acids is 1. The first-order chi connectivity index (χ1) is 12.6. The number of aromatic nitrogens is 1. The number of likely N-dealkylation sites (tertiary alicyclic amines) is 1. The highest BCUT2D eigenvalue weighted by Gasteiger charge is 2.17. The molecular weight excluding hydrogens is 346 g/mol. The molecule has 0 bridgehead atoms.